The molecule has 0 bridgehead atoms. The number of aromatic nitrogens is 2. The predicted octanol–water partition coefficient (Wildman–Crippen LogP) is -3.75. The first-order valence-corrected chi connectivity index (χ1v) is 8.35. The highest BCUT2D eigenvalue weighted by Gasteiger charge is 2.58. The Labute approximate surface area is 156 Å². The number of aliphatic hydroxyl groups excluding tert-OH is 4. The predicted molar refractivity (Wildman–Crippen MR) is 85.9 cm³/mol. The average Bonchev–Trinajstić information content (AvgIpc) is 3.09. The van der Waals surface area contributed by atoms with Crippen LogP contribution in [0, 0.1) is 0 Å². The summed E-state index contributed by atoms with van der Waals surface area (Å²) in [7, 11) is 1.23. The zero-order valence-electron chi connectivity index (χ0n) is 14.6. The van der Waals surface area contributed by atoms with Crippen LogP contribution in [-0.2, 0) is 14.2 Å². The number of nitrogens with zero attached hydrogens (tertiary/aromatic N) is 1. The van der Waals surface area contributed by atoms with Crippen molar-refractivity contribution in [2.75, 3.05) is 20.3 Å². The lowest BCUT2D eigenvalue weighted by atomic mass is 10.0. The molecule has 12 nitrogen and oxygen atoms in total. The molecule has 0 unspecified atom stereocenters. The van der Waals surface area contributed by atoms with Gasteiger partial charge in [0.2, 0.25) is 0 Å². The molecular weight excluding hydrogens is 387 g/mol. The van der Waals surface area contributed by atoms with Gasteiger partial charge in [-0.1, -0.05) is 0 Å². The molecule has 2 aliphatic rings. The second-order valence-corrected chi connectivity index (χ2v) is 6.60. The van der Waals surface area contributed by atoms with Gasteiger partial charge in [-0.15, -0.1) is 0 Å². The molecule has 0 radical (unpaired) electrons. The SMILES string of the molecule is CO[C@@H]1[C@@H](O)[C@H](CO)O[C@@H]1c1cn([C@@H]2O[C@H](CO)[C@@H](O)[C@]2(O)F)c(=O)[nH]c1=O. The third-order valence-electron chi connectivity index (χ3n) is 4.94. The van der Waals surface area contributed by atoms with Gasteiger partial charge in [-0.3, -0.25) is 14.3 Å². The standard InChI is InChI=1S/C15H21FN2O10/c1-26-10-8(21)6(3-19)27-9(10)5-2-18(14(24)17-12(5)23)13-15(16,25)11(22)7(4-20)28-13/h2,6-11,13,19-22,25H,3-4H2,1H3,(H,17,23,24)/t6-,7+,8-,9+,10+,11+,13+,15+/m0/s1. The molecule has 0 spiro atoms. The molecule has 2 aliphatic heterocycles. The Morgan fingerprint density at radius 2 is 1.89 bits per heavy atom. The Kier molecular flexibility index (Phi) is 5.71. The van der Waals surface area contributed by atoms with Crippen molar-refractivity contribution in [3.05, 3.63) is 32.6 Å². The first kappa shape index (κ1) is 21.0. The van der Waals surface area contributed by atoms with Crippen LogP contribution in [0.2, 0.25) is 0 Å². The monoisotopic (exact) mass is 408 g/mol. The van der Waals surface area contributed by atoms with E-state index in [1.165, 1.54) is 7.11 Å². The van der Waals surface area contributed by atoms with Crippen LogP contribution in [0.5, 0.6) is 0 Å². The van der Waals surface area contributed by atoms with E-state index < -0.39 is 73.2 Å². The molecule has 158 valence electrons. The number of aromatic amines is 1. The van der Waals surface area contributed by atoms with Gasteiger partial charge >= 0.3 is 5.69 Å². The van der Waals surface area contributed by atoms with Gasteiger partial charge in [0.25, 0.3) is 11.4 Å². The summed E-state index contributed by atoms with van der Waals surface area (Å²) in [5, 5.41) is 48.2. The third-order valence-corrected chi connectivity index (χ3v) is 4.94. The van der Waals surface area contributed by atoms with Crippen LogP contribution >= 0.6 is 0 Å². The van der Waals surface area contributed by atoms with Crippen molar-refractivity contribution in [2.24, 2.45) is 0 Å². The van der Waals surface area contributed by atoms with Gasteiger partial charge in [0.1, 0.15) is 36.6 Å². The number of ether oxygens (including phenoxy) is 3. The molecule has 0 amide bonds. The number of hydrogen-bond donors (Lipinski definition) is 6. The Morgan fingerprint density at radius 1 is 1.25 bits per heavy atom. The van der Waals surface area contributed by atoms with E-state index in [1.807, 2.05) is 4.98 Å². The second kappa shape index (κ2) is 7.61. The number of aliphatic hydroxyl groups is 5. The molecule has 1 aromatic rings. The highest BCUT2D eigenvalue weighted by atomic mass is 19.2. The lowest BCUT2D eigenvalue weighted by Gasteiger charge is -2.25. The number of nitrogens with one attached hydrogen (secondary N) is 1. The summed E-state index contributed by atoms with van der Waals surface area (Å²) in [6.45, 7) is -1.41. The van der Waals surface area contributed by atoms with Crippen molar-refractivity contribution in [1.82, 2.24) is 9.55 Å². The zero-order chi connectivity index (χ0) is 20.8. The van der Waals surface area contributed by atoms with E-state index in [-0.39, 0.29) is 5.56 Å². The summed E-state index contributed by atoms with van der Waals surface area (Å²) in [5.74, 6) is -3.45. The topological polar surface area (TPSA) is 184 Å². The summed E-state index contributed by atoms with van der Waals surface area (Å²) in [6, 6.07) is 0. The fraction of sp³-hybridized carbons (Fsp3) is 0.733. The van der Waals surface area contributed by atoms with Crippen molar-refractivity contribution < 1.29 is 44.1 Å². The molecule has 2 fully saturated rings. The first-order valence-electron chi connectivity index (χ1n) is 8.35. The fourth-order valence-electron chi connectivity index (χ4n) is 3.42. The molecule has 8 atom stereocenters. The molecule has 6 N–H and O–H groups in total. The number of halogens is 1. The van der Waals surface area contributed by atoms with Crippen LogP contribution in [0.15, 0.2) is 15.8 Å². The molecular formula is C15H21FN2O10. The quantitative estimate of drug-likeness (QED) is 0.283. The van der Waals surface area contributed by atoms with Crippen LogP contribution < -0.4 is 11.2 Å². The number of rotatable bonds is 5. The van der Waals surface area contributed by atoms with Gasteiger partial charge in [-0.2, -0.15) is 0 Å². The zero-order valence-corrected chi connectivity index (χ0v) is 14.6. The van der Waals surface area contributed by atoms with Crippen LogP contribution in [0.3, 0.4) is 0 Å². The van der Waals surface area contributed by atoms with E-state index >= 15 is 0 Å². The molecule has 13 heteroatoms. The normalized spacial score (nSPS) is 40.9. The lowest BCUT2D eigenvalue weighted by Crippen LogP contribution is -2.46. The molecule has 3 heterocycles. The second-order valence-electron chi connectivity index (χ2n) is 6.60. The van der Waals surface area contributed by atoms with E-state index in [4.69, 9.17) is 19.3 Å². The molecule has 0 saturated carbocycles. The van der Waals surface area contributed by atoms with Crippen molar-refractivity contribution in [3.63, 3.8) is 0 Å². The summed E-state index contributed by atoms with van der Waals surface area (Å²) < 4.78 is 30.6. The van der Waals surface area contributed by atoms with Gasteiger partial charge < -0.3 is 39.7 Å². The summed E-state index contributed by atoms with van der Waals surface area (Å²) in [6.07, 6.45) is -9.60. The summed E-state index contributed by atoms with van der Waals surface area (Å²) in [5.41, 5.74) is -2.37. The van der Waals surface area contributed by atoms with Crippen molar-refractivity contribution in [3.8, 4) is 0 Å². The van der Waals surface area contributed by atoms with Crippen LogP contribution in [0.1, 0.15) is 17.9 Å². The first-order chi connectivity index (χ1) is 13.2. The van der Waals surface area contributed by atoms with Crippen molar-refractivity contribution in [1.29, 1.82) is 0 Å². The maximum absolute atomic E-state index is 14.6. The van der Waals surface area contributed by atoms with Crippen molar-refractivity contribution >= 4 is 0 Å². The number of H-pyrrole nitrogens is 1. The van der Waals surface area contributed by atoms with Crippen LogP contribution in [0.4, 0.5) is 4.39 Å². The van der Waals surface area contributed by atoms with Gasteiger partial charge in [0.15, 0.2) is 6.23 Å². The Balaban J connectivity index is 2.05. The summed E-state index contributed by atoms with van der Waals surface area (Å²) in [4.78, 5) is 26.3. The van der Waals surface area contributed by atoms with Crippen molar-refractivity contribution in [2.45, 2.75) is 48.7 Å². The Bertz CT molecular complexity index is 826. The highest BCUT2D eigenvalue weighted by Crippen LogP contribution is 2.39. The molecule has 3 rings (SSSR count). The van der Waals surface area contributed by atoms with E-state index in [0.29, 0.717) is 4.57 Å². The number of methoxy groups -OCH3 is 1. The van der Waals surface area contributed by atoms with Gasteiger partial charge in [0, 0.05) is 13.3 Å². The largest absolute Gasteiger partial charge is 0.394 e. The minimum atomic E-state index is -3.45. The number of hydrogen-bond acceptors (Lipinski definition) is 10. The maximum Gasteiger partial charge on any atom is 0.330 e. The van der Waals surface area contributed by atoms with Gasteiger partial charge in [-0.25, -0.2) is 9.18 Å². The fourth-order valence-corrected chi connectivity index (χ4v) is 3.42. The van der Waals surface area contributed by atoms with Crippen LogP contribution in [0.25, 0.3) is 0 Å². The minimum Gasteiger partial charge on any atom is -0.394 e. The van der Waals surface area contributed by atoms with Gasteiger partial charge in [-0.05, 0) is 0 Å². The smallest absolute Gasteiger partial charge is 0.330 e. The highest BCUT2D eigenvalue weighted by molar-refractivity contribution is 5.15. The average molecular weight is 408 g/mol. The van der Waals surface area contributed by atoms with Gasteiger partial charge in [0.05, 0.1) is 18.8 Å². The maximum atomic E-state index is 14.6. The molecule has 0 aromatic carbocycles. The Morgan fingerprint density at radius 3 is 2.43 bits per heavy atom. The molecule has 2 saturated heterocycles. The Hall–Kier alpha value is -1.71. The number of alkyl halides is 1. The van der Waals surface area contributed by atoms with Crippen LogP contribution in [-0.4, -0.2) is 91.8 Å². The third kappa shape index (κ3) is 3.19. The van der Waals surface area contributed by atoms with E-state index in [9.17, 15) is 34.4 Å². The lowest BCUT2D eigenvalue weighted by molar-refractivity contribution is -0.197. The molecule has 28 heavy (non-hydrogen) atoms. The molecule has 1 aromatic heterocycles. The van der Waals surface area contributed by atoms with E-state index in [2.05, 4.69) is 0 Å². The minimum absolute atomic E-state index is 0.275. The summed E-state index contributed by atoms with van der Waals surface area (Å²) >= 11 is 0. The van der Waals surface area contributed by atoms with E-state index in [0.717, 1.165) is 6.20 Å². The molecule has 0 aliphatic carbocycles. The van der Waals surface area contributed by atoms with E-state index in [1.54, 1.807) is 0 Å².